The summed E-state index contributed by atoms with van der Waals surface area (Å²) >= 11 is 0. The van der Waals surface area contributed by atoms with Crippen molar-refractivity contribution >= 4 is 0 Å². The van der Waals surface area contributed by atoms with Gasteiger partial charge in [0.25, 0.3) is 0 Å². The Hall–Kier alpha value is -0.860. The molecule has 0 spiro atoms. The van der Waals surface area contributed by atoms with Gasteiger partial charge >= 0.3 is 0 Å². The van der Waals surface area contributed by atoms with E-state index in [1.807, 2.05) is 45.9 Å². The number of hydrogen-bond acceptors (Lipinski definition) is 2. The van der Waals surface area contributed by atoms with Crippen molar-refractivity contribution in [3.63, 3.8) is 0 Å². The Balaban J connectivity index is 2.97. The van der Waals surface area contributed by atoms with Crippen molar-refractivity contribution < 1.29 is 10.2 Å². The van der Waals surface area contributed by atoms with Crippen LogP contribution in [0.15, 0.2) is 24.3 Å². The summed E-state index contributed by atoms with van der Waals surface area (Å²) in [6.07, 6.45) is 4.55. The zero-order chi connectivity index (χ0) is 15.2. The van der Waals surface area contributed by atoms with Crippen molar-refractivity contribution in [3.05, 3.63) is 35.4 Å². The first-order valence-electron chi connectivity index (χ1n) is 7.97. The molecule has 0 saturated carbocycles. The molecule has 0 radical (unpaired) electrons. The molecule has 1 rings (SSSR count). The van der Waals surface area contributed by atoms with Gasteiger partial charge in [0.05, 0.1) is 11.2 Å². The highest BCUT2D eigenvalue weighted by Crippen LogP contribution is 2.32. The van der Waals surface area contributed by atoms with Gasteiger partial charge in [0.2, 0.25) is 0 Å². The smallest absolute Gasteiger partial charge is 0.0894 e. The Kier molecular flexibility index (Phi) is 6.22. The third-order valence-electron chi connectivity index (χ3n) is 4.86. The fourth-order valence-electron chi connectivity index (χ4n) is 2.79. The van der Waals surface area contributed by atoms with Crippen LogP contribution in [0.4, 0.5) is 0 Å². The number of rotatable bonds is 8. The Bertz CT molecular complexity index is 404. The molecule has 1 aromatic rings. The minimum absolute atomic E-state index is 0.580. The lowest BCUT2D eigenvalue weighted by molar-refractivity contribution is 0.0195. The molecule has 0 amide bonds. The van der Waals surface area contributed by atoms with Crippen LogP contribution >= 0.6 is 0 Å². The summed E-state index contributed by atoms with van der Waals surface area (Å²) in [7, 11) is 0. The van der Waals surface area contributed by atoms with Gasteiger partial charge in [-0.1, -0.05) is 52.0 Å². The van der Waals surface area contributed by atoms with Crippen molar-refractivity contribution in [2.45, 2.75) is 77.4 Å². The van der Waals surface area contributed by atoms with E-state index in [0.717, 1.165) is 31.2 Å². The van der Waals surface area contributed by atoms with Crippen LogP contribution in [0.2, 0.25) is 0 Å². The SMILES string of the molecule is CCC(O)(CC)CCc1ccccc1C(O)(CC)CC. The van der Waals surface area contributed by atoms with E-state index in [0.29, 0.717) is 12.8 Å². The molecule has 0 bridgehead atoms. The van der Waals surface area contributed by atoms with Gasteiger partial charge in [-0.2, -0.15) is 0 Å². The molecule has 0 unspecified atom stereocenters. The fourth-order valence-corrected chi connectivity index (χ4v) is 2.79. The van der Waals surface area contributed by atoms with Crippen molar-refractivity contribution in [2.75, 3.05) is 0 Å². The van der Waals surface area contributed by atoms with E-state index in [9.17, 15) is 10.2 Å². The number of aryl methyl sites for hydroxylation is 1. The summed E-state index contributed by atoms with van der Waals surface area (Å²) < 4.78 is 0. The second-order valence-electron chi connectivity index (χ2n) is 5.83. The lowest BCUT2D eigenvalue weighted by Gasteiger charge is -2.30. The van der Waals surface area contributed by atoms with Gasteiger partial charge in [-0.15, -0.1) is 0 Å². The Morgan fingerprint density at radius 2 is 1.40 bits per heavy atom. The van der Waals surface area contributed by atoms with Crippen molar-refractivity contribution in [1.29, 1.82) is 0 Å². The Morgan fingerprint density at radius 1 is 0.850 bits per heavy atom. The van der Waals surface area contributed by atoms with Crippen LogP contribution in [-0.2, 0) is 12.0 Å². The average molecular weight is 278 g/mol. The second-order valence-corrected chi connectivity index (χ2v) is 5.83. The maximum atomic E-state index is 10.8. The van der Waals surface area contributed by atoms with Gasteiger partial charge in [0.15, 0.2) is 0 Å². The van der Waals surface area contributed by atoms with Crippen LogP contribution in [0.5, 0.6) is 0 Å². The molecule has 0 fully saturated rings. The largest absolute Gasteiger partial charge is 0.390 e. The van der Waals surface area contributed by atoms with E-state index in [4.69, 9.17) is 0 Å². The molecule has 0 aliphatic heterocycles. The molecule has 2 nitrogen and oxygen atoms in total. The minimum Gasteiger partial charge on any atom is -0.390 e. The van der Waals surface area contributed by atoms with E-state index < -0.39 is 11.2 Å². The first kappa shape index (κ1) is 17.2. The summed E-state index contributed by atoms with van der Waals surface area (Å²) in [6, 6.07) is 8.11. The molecule has 114 valence electrons. The van der Waals surface area contributed by atoms with Gasteiger partial charge in [0.1, 0.15) is 0 Å². The summed E-state index contributed by atoms with van der Waals surface area (Å²) in [5.74, 6) is 0. The molecule has 2 N–H and O–H groups in total. The highest BCUT2D eigenvalue weighted by Gasteiger charge is 2.28. The van der Waals surface area contributed by atoms with E-state index in [1.165, 1.54) is 5.56 Å². The van der Waals surface area contributed by atoms with Crippen LogP contribution in [0.3, 0.4) is 0 Å². The molecule has 20 heavy (non-hydrogen) atoms. The third-order valence-corrected chi connectivity index (χ3v) is 4.86. The van der Waals surface area contributed by atoms with E-state index >= 15 is 0 Å². The van der Waals surface area contributed by atoms with Crippen molar-refractivity contribution in [3.8, 4) is 0 Å². The highest BCUT2D eigenvalue weighted by atomic mass is 16.3. The fraction of sp³-hybridized carbons (Fsp3) is 0.667. The molecular formula is C18H30O2. The van der Waals surface area contributed by atoms with E-state index in [-0.39, 0.29) is 0 Å². The standard InChI is InChI=1S/C18H30O2/c1-5-17(19,6-2)14-13-15-11-9-10-12-16(15)18(20,7-3)8-4/h9-12,19-20H,5-8,13-14H2,1-4H3. The van der Waals surface area contributed by atoms with Gasteiger partial charge in [-0.3, -0.25) is 0 Å². The zero-order valence-corrected chi connectivity index (χ0v) is 13.4. The molecule has 0 atom stereocenters. The van der Waals surface area contributed by atoms with Crippen molar-refractivity contribution in [2.24, 2.45) is 0 Å². The summed E-state index contributed by atoms with van der Waals surface area (Å²) in [5.41, 5.74) is 0.871. The summed E-state index contributed by atoms with van der Waals surface area (Å²) in [5, 5.41) is 21.2. The van der Waals surface area contributed by atoms with Crippen molar-refractivity contribution in [1.82, 2.24) is 0 Å². The van der Waals surface area contributed by atoms with Gasteiger partial charge in [-0.25, -0.2) is 0 Å². The maximum Gasteiger partial charge on any atom is 0.0894 e. The molecule has 0 heterocycles. The maximum absolute atomic E-state index is 10.8. The quantitative estimate of drug-likeness (QED) is 0.749. The number of benzene rings is 1. The van der Waals surface area contributed by atoms with Crippen LogP contribution in [0, 0.1) is 0 Å². The summed E-state index contributed by atoms with van der Waals surface area (Å²) in [4.78, 5) is 0. The van der Waals surface area contributed by atoms with Gasteiger partial charge in [0, 0.05) is 0 Å². The topological polar surface area (TPSA) is 40.5 Å². The number of aliphatic hydroxyl groups is 2. The second kappa shape index (κ2) is 7.24. The van der Waals surface area contributed by atoms with Gasteiger partial charge in [-0.05, 0) is 49.7 Å². The monoisotopic (exact) mass is 278 g/mol. The molecular weight excluding hydrogens is 248 g/mol. The molecule has 2 heteroatoms. The highest BCUT2D eigenvalue weighted by molar-refractivity contribution is 5.32. The normalized spacial score (nSPS) is 12.7. The van der Waals surface area contributed by atoms with E-state index in [1.54, 1.807) is 0 Å². The predicted octanol–water partition coefficient (Wildman–Crippen LogP) is 4.18. The molecule has 0 aliphatic carbocycles. The lowest BCUT2D eigenvalue weighted by Crippen LogP contribution is -2.29. The predicted molar refractivity (Wildman–Crippen MR) is 84.8 cm³/mol. The average Bonchev–Trinajstić information content (AvgIpc) is 2.52. The van der Waals surface area contributed by atoms with Gasteiger partial charge < -0.3 is 10.2 Å². The Labute approximate surface area is 123 Å². The third kappa shape index (κ3) is 3.83. The van der Waals surface area contributed by atoms with Crippen LogP contribution in [-0.4, -0.2) is 15.8 Å². The minimum atomic E-state index is -0.743. The first-order valence-corrected chi connectivity index (χ1v) is 7.97. The number of hydrogen-bond donors (Lipinski definition) is 2. The van der Waals surface area contributed by atoms with Crippen LogP contribution in [0.1, 0.15) is 70.9 Å². The Morgan fingerprint density at radius 3 is 1.90 bits per heavy atom. The molecule has 0 aromatic heterocycles. The lowest BCUT2D eigenvalue weighted by atomic mass is 9.82. The molecule has 0 saturated heterocycles. The molecule has 1 aromatic carbocycles. The van der Waals surface area contributed by atoms with Crippen LogP contribution < -0.4 is 0 Å². The zero-order valence-electron chi connectivity index (χ0n) is 13.4. The first-order chi connectivity index (χ1) is 9.44. The summed E-state index contributed by atoms with van der Waals surface area (Å²) in [6.45, 7) is 8.11. The van der Waals surface area contributed by atoms with Crippen LogP contribution in [0.25, 0.3) is 0 Å². The van der Waals surface area contributed by atoms with E-state index in [2.05, 4.69) is 6.07 Å². The molecule has 0 aliphatic rings.